The van der Waals surface area contributed by atoms with Gasteiger partial charge in [-0.25, -0.2) is 0 Å². The first-order valence-electron chi connectivity index (χ1n) is 9.77. The molecule has 1 aromatic heterocycles. The molecule has 0 bridgehead atoms. The third-order valence-corrected chi connectivity index (χ3v) is 5.79. The lowest BCUT2D eigenvalue weighted by molar-refractivity contribution is -0.120. The van der Waals surface area contributed by atoms with Crippen molar-refractivity contribution in [2.45, 2.75) is 38.0 Å². The molecule has 0 saturated heterocycles. The van der Waals surface area contributed by atoms with Crippen molar-refractivity contribution in [2.24, 2.45) is 10.2 Å². The minimum atomic E-state index is -0.523. The summed E-state index contributed by atoms with van der Waals surface area (Å²) < 4.78 is 6.38. The number of aromatic nitrogens is 1. The number of carbonyl (C=O) groups is 1. The van der Waals surface area contributed by atoms with Crippen molar-refractivity contribution in [1.29, 1.82) is 0 Å². The number of carbonyl (C=O) groups excluding carboxylic acids is 1. The number of H-pyrrole nitrogens is 1. The highest BCUT2D eigenvalue weighted by molar-refractivity contribution is 9.10. The van der Waals surface area contributed by atoms with Crippen LogP contribution in [0.15, 0.2) is 57.2 Å². The lowest BCUT2D eigenvalue weighted by atomic mass is 9.84. The van der Waals surface area contributed by atoms with E-state index in [9.17, 15) is 9.90 Å². The number of halogens is 1. The molecule has 2 aromatic carbocycles. The summed E-state index contributed by atoms with van der Waals surface area (Å²) in [6, 6.07) is 13.4. The molecule has 150 valence electrons. The van der Waals surface area contributed by atoms with Crippen molar-refractivity contribution in [3.8, 4) is 11.6 Å². The molecule has 0 spiro atoms. The average Bonchev–Trinajstić information content (AvgIpc) is 3.06. The van der Waals surface area contributed by atoms with Crippen LogP contribution < -0.4 is 4.74 Å². The number of nitrogens with zero attached hydrogens (tertiary/aromatic N) is 2. The van der Waals surface area contributed by atoms with E-state index in [1.807, 2.05) is 18.2 Å². The summed E-state index contributed by atoms with van der Waals surface area (Å²) in [6.07, 6.45) is 6.42. The van der Waals surface area contributed by atoms with E-state index in [2.05, 4.69) is 43.3 Å². The van der Waals surface area contributed by atoms with E-state index in [0.29, 0.717) is 22.6 Å². The number of aromatic hydroxyl groups is 1. The molecule has 2 N–H and O–H groups in total. The number of aromatic amines is 1. The van der Waals surface area contributed by atoms with Crippen LogP contribution in [0.1, 0.15) is 43.6 Å². The van der Waals surface area contributed by atoms with Gasteiger partial charge >= 0.3 is 5.91 Å². The van der Waals surface area contributed by atoms with Crippen molar-refractivity contribution in [1.82, 2.24) is 4.98 Å². The maximum absolute atomic E-state index is 12.1. The first kappa shape index (κ1) is 19.6. The van der Waals surface area contributed by atoms with E-state index < -0.39 is 5.91 Å². The predicted octanol–water partition coefficient (Wildman–Crippen LogP) is 6.37. The first-order valence-corrected chi connectivity index (χ1v) is 10.6. The fraction of sp³-hybridized carbons (Fsp3) is 0.318. The molecular formula is C22H22BrN3O3. The smallest absolute Gasteiger partial charge is 0.302 e. The second kappa shape index (κ2) is 8.78. The van der Waals surface area contributed by atoms with E-state index in [1.165, 1.54) is 37.7 Å². The molecule has 1 saturated carbocycles. The van der Waals surface area contributed by atoms with Gasteiger partial charge in [-0.15, -0.1) is 10.2 Å². The highest BCUT2D eigenvalue weighted by Crippen LogP contribution is 2.37. The van der Waals surface area contributed by atoms with Crippen LogP contribution in [0.5, 0.6) is 11.6 Å². The number of fused-ring (bicyclic) bond motifs is 1. The highest BCUT2D eigenvalue weighted by atomic mass is 79.9. The summed E-state index contributed by atoms with van der Waals surface area (Å²) in [4.78, 5) is 14.9. The molecule has 1 fully saturated rings. The van der Waals surface area contributed by atoms with Gasteiger partial charge in [-0.05, 0) is 54.7 Å². The second-order valence-electron chi connectivity index (χ2n) is 7.30. The molecule has 0 unspecified atom stereocenters. The third-order valence-electron chi connectivity index (χ3n) is 5.29. The Morgan fingerprint density at radius 1 is 1.14 bits per heavy atom. The maximum Gasteiger partial charge on any atom is 0.302 e. The summed E-state index contributed by atoms with van der Waals surface area (Å²) in [5.74, 6) is 0.614. The van der Waals surface area contributed by atoms with E-state index >= 15 is 0 Å². The van der Waals surface area contributed by atoms with Crippen molar-refractivity contribution in [3.63, 3.8) is 0 Å². The maximum atomic E-state index is 12.1. The Hall–Kier alpha value is -2.67. The molecule has 0 atom stereocenters. The quantitative estimate of drug-likeness (QED) is 0.437. The Morgan fingerprint density at radius 2 is 1.90 bits per heavy atom. The van der Waals surface area contributed by atoms with E-state index in [0.717, 1.165) is 4.47 Å². The minimum Gasteiger partial charge on any atom is -0.493 e. The van der Waals surface area contributed by atoms with Crippen LogP contribution in [0.4, 0.5) is 5.69 Å². The minimum absolute atomic E-state index is 0.131. The zero-order chi connectivity index (χ0) is 20.2. The molecule has 6 nitrogen and oxygen atoms in total. The van der Waals surface area contributed by atoms with Gasteiger partial charge in [-0.2, -0.15) is 0 Å². The van der Waals surface area contributed by atoms with Gasteiger partial charge in [0.25, 0.3) is 0 Å². The van der Waals surface area contributed by atoms with Crippen molar-refractivity contribution < 1.29 is 14.6 Å². The van der Waals surface area contributed by atoms with Gasteiger partial charge < -0.3 is 14.8 Å². The van der Waals surface area contributed by atoms with E-state index in [-0.39, 0.29) is 18.2 Å². The van der Waals surface area contributed by atoms with Crippen LogP contribution in [0.2, 0.25) is 0 Å². The Bertz CT molecular complexity index is 1040. The van der Waals surface area contributed by atoms with Crippen LogP contribution in [-0.2, 0) is 4.79 Å². The van der Waals surface area contributed by atoms with Gasteiger partial charge in [0.05, 0.1) is 5.52 Å². The largest absolute Gasteiger partial charge is 0.493 e. The van der Waals surface area contributed by atoms with Gasteiger partial charge in [0, 0.05) is 9.86 Å². The Labute approximate surface area is 177 Å². The molecule has 29 heavy (non-hydrogen) atoms. The number of rotatable bonds is 5. The van der Waals surface area contributed by atoms with Crippen molar-refractivity contribution in [2.75, 3.05) is 6.61 Å². The summed E-state index contributed by atoms with van der Waals surface area (Å²) in [5, 5.41) is 18.3. The molecule has 1 amide bonds. The predicted molar refractivity (Wildman–Crippen MR) is 115 cm³/mol. The highest BCUT2D eigenvalue weighted by Gasteiger charge is 2.15. The van der Waals surface area contributed by atoms with E-state index in [4.69, 9.17) is 4.74 Å². The lowest BCUT2D eigenvalue weighted by Crippen LogP contribution is -2.08. The fourth-order valence-electron chi connectivity index (χ4n) is 3.79. The molecule has 3 aromatic rings. The van der Waals surface area contributed by atoms with Gasteiger partial charge in [0.15, 0.2) is 12.3 Å². The van der Waals surface area contributed by atoms with Gasteiger partial charge in [-0.3, -0.25) is 4.79 Å². The van der Waals surface area contributed by atoms with Crippen LogP contribution in [0.3, 0.4) is 0 Å². The topological polar surface area (TPSA) is 87.0 Å². The first-order chi connectivity index (χ1) is 14.1. The van der Waals surface area contributed by atoms with Crippen LogP contribution >= 0.6 is 15.9 Å². The number of nitrogens with one attached hydrogen (secondary N) is 1. The standard InChI is InChI=1S/C22H22BrN3O3/c23-16-8-11-19-18(12-16)21(22(28)24-19)26-25-20(27)13-29-17-9-6-15(7-10-17)14-4-2-1-3-5-14/h6-12,14,24,28H,1-5,13H2. The van der Waals surface area contributed by atoms with Gasteiger partial charge in [0.1, 0.15) is 5.75 Å². The lowest BCUT2D eigenvalue weighted by Gasteiger charge is -2.22. The molecule has 0 aliphatic heterocycles. The molecule has 1 heterocycles. The van der Waals surface area contributed by atoms with Crippen LogP contribution in [0.25, 0.3) is 10.9 Å². The third kappa shape index (κ3) is 4.67. The van der Waals surface area contributed by atoms with E-state index in [1.54, 1.807) is 12.1 Å². The number of ether oxygens (including phenoxy) is 1. The Kier molecular flexibility index (Phi) is 5.94. The zero-order valence-corrected chi connectivity index (χ0v) is 17.5. The zero-order valence-electron chi connectivity index (χ0n) is 15.9. The van der Waals surface area contributed by atoms with Crippen molar-refractivity contribution in [3.05, 3.63) is 52.5 Å². The molecule has 1 aliphatic rings. The summed E-state index contributed by atoms with van der Waals surface area (Å²) >= 11 is 3.38. The molecule has 7 heteroatoms. The summed E-state index contributed by atoms with van der Waals surface area (Å²) in [6.45, 7) is -0.209. The number of benzene rings is 2. The Balaban J connectivity index is 1.36. The monoisotopic (exact) mass is 455 g/mol. The molecular weight excluding hydrogens is 434 g/mol. The summed E-state index contributed by atoms with van der Waals surface area (Å²) in [7, 11) is 0. The second-order valence-corrected chi connectivity index (χ2v) is 8.21. The normalized spacial score (nSPS) is 15.2. The molecule has 4 rings (SSSR count). The molecule has 0 radical (unpaired) electrons. The SMILES string of the molecule is O=C(COc1ccc(C2CCCCC2)cc1)N=Nc1c(O)[nH]c2ccc(Br)cc12. The van der Waals surface area contributed by atoms with Gasteiger partial charge in [0.2, 0.25) is 5.88 Å². The fourth-order valence-corrected chi connectivity index (χ4v) is 4.15. The van der Waals surface area contributed by atoms with Crippen LogP contribution in [0, 0.1) is 0 Å². The summed E-state index contributed by atoms with van der Waals surface area (Å²) in [5.41, 5.74) is 2.27. The van der Waals surface area contributed by atoms with Crippen molar-refractivity contribution >= 4 is 38.4 Å². The Morgan fingerprint density at radius 3 is 2.66 bits per heavy atom. The number of hydrogen-bond acceptors (Lipinski definition) is 4. The molecule has 1 aliphatic carbocycles. The average molecular weight is 456 g/mol. The number of amides is 1. The number of azo groups is 1. The number of hydrogen-bond donors (Lipinski definition) is 2. The van der Waals surface area contributed by atoms with Gasteiger partial charge in [-0.1, -0.05) is 47.3 Å². The van der Waals surface area contributed by atoms with Crippen LogP contribution in [-0.4, -0.2) is 22.6 Å².